The zero-order valence-corrected chi connectivity index (χ0v) is 12.1. The molecule has 1 amide bonds. The molecule has 2 aromatic carbocycles. The van der Waals surface area contributed by atoms with Crippen LogP contribution in [0.1, 0.15) is 19.8 Å². The van der Waals surface area contributed by atoms with Gasteiger partial charge >= 0.3 is 0 Å². The number of likely N-dealkylation sites (tertiary alicyclic amines) is 1. The third-order valence-corrected chi connectivity index (χ3v) is 3.90. The number of hydrogen-bond donors (Lipinski definition) is 1. The van der Waals surface area contributed by atoms with Crippen molar-refractivity contribution in [1.29, 1.82) is 0 Å². The number of ether oxygens (including phenoxy) is 1. The molecule has 1 heterocycles. The summed E-state index contributed by atoms with van der Waals surface area (Å²) in [7, 11) is 0. The molecule has 1 aliphatic heterocycles. The van der Waals surface area contributed by atoms with Crippen molar-refractivity contribution in [3.63, 3.8) is 0 Å². The van der Waals surface area contributed by atoms with E-state index in [9.17, 15) is 9.90 Å². The fourth-order valence-electron chi connectivity index (χ4n) is 2.74. The lowest BCUT2D eigenvalue weighted by Crippen LogP contribution is -2.38. The van der Waals surface area contributed by atoms with Gasteiger partial charge in [0, 0.05) is 13.1 Å². The van der Waals surface area contributed by atoms with Crippen LogP contribution in [0.15, 0.2) is 36.4 Å². The summed E-state index contributed by atoms with van der Waals surface area (Å²) in [4.78, 5) is 14.1. The molecular weight excluding hydrogens is 266 g/mol. The summed E-state index contributed by atoms with van der Waals surface area (Å²) in [6.45, 7) is 3.34. The molecule has 0 bridgehead atoms. The highest BCUT2D eigenvalue weighted by Gasteiger charge is 2.25. The Bertz CT molecular complexity index is 662. The Balaban J connectivity index is 1.80. The van der Waals surface area contributed by atoms with Crippen LogP contribution in [0.3, 0.4) is 0 Å². The van der Waals surface area contributed by atoms with E-state index >= 15 is 0 Å². The standard InChI is InChI=1S/C17H19NO3/c1-12(17(20)18-8-4-5-9-18)21-16-11-14-7-3-2-6-13(14)10-15(16)19/h2-3,6-7,10-12,19H,4-5,8-9H2,1H3. The van der Waals surface area contributed by atoms with Crippen LogP contribution >= 0.6 is 0 Å². The topological polar surface area (TPSA) is 49.8 Å². The molecule has 1 N–H and O–H groups in total. The molecule has 1 fully saturated rings. The van der Waals surface area contributed by atoms with Gasteiger partial charge < -0.3 is 14.7 Å². The Morgan fingerprint density at radius 1 is 1.19 bits per heavy atom. The predicted octanol–water partition coefficient (Wildman–Crippen LogP) is 2.94. The number of amides is 1. The van der Waals surface area contributed by atoms with E-state index in [-0.39, 0.29) is 11.7 Å². The van der Waals surface area contributed by atoms with Gasteiger partial charge in [0.05, 0.1) is 0 Å². The minimum absolute atomic E-state index is 0.0138. The van der Waals surface area contributed by atoms with E-state index in [0.717, 1.165) is 36.7 Å². The number of nitrogens with zero attached hydrogens (tertiary/aromatic N) is 1. The van der Waals surface area contributed by atoms with Gasteiger partial charge in [-0.1, -0.05) is 24.3 Å². The van der Waals surface area contributed by atoms with Gasteiger partial charge in [-0.25, -0.2) is 0 Å². The highest BCUT2D eigenvalue weighted by Crippen LogP contribution is 2.32. The summed E-state index contributed by atoms with van der Waals surface area (Å²) in [5.41, 5.74) is 0. The van der Waals surface area contributed by atoms with Gasteiger partial charge in [0.15, 0.2) is 17.6 Å². The van der Waals surface area contributed by atoms with Crippen LogP contribution in [0.4, 0.5) is 0 Å². The molecule has 4 nitrogen and oxygen atoms in total. The second-order valence-corrected chi connectivity index (χ2v) is 5.46. The van der Waals surface area contributed by atoms with Gasteiger partial charge in [-0.2, -0.15) is 0 Å². The van der Waals surface area contributed by atoms with Crippen LogP contribution in [0.2, 0.25) is 0 Å². The number of phenols is 1. The van der Waals surface area contributed by atoms with Crippen LogP contribution in [-0.4, -0.2) is 35.1 Å². The molecule has 3 rings (SSSR count). The van der Waals surface area contributed by atoms with Crippen molar-refractivity contribution in [1.82, 2.24) is 4.90 Å². The zero-order valence-electron chi connectivity index (χ0n) is 12.1. The summed E-state index contributed by atoms with van der Waals surface area (Å²) < 4.78 is 5.69. The van der Waals surface area contributed by atoms with Gasteiger partial charge in [-0.05, 0) is 42.7 Å². The van der Waals surface area contributed by atoms with Gasteiger partial charge in [0.2, 0.25) is 0 Å². The molecule has 110 valence electrons. The number of carbonyl (C=O) groups excluding carboxylic acids is 1. The Labute approximate surface area is 123 Å². The molecule has 21 heavy (non-hydrogen) atoms. The van der Waals surface area contributed by atoms with Crippen LogP contribution < -0.4 is 4.74 Å². The SMILES string of the molecule is CC(Oc1cc2ccccc2cc1O)C(=O)N1CCCC1. The third kappa shape index (κ3) is 2.79. The van der Waals surface area contributed by atoms with Crippen molar-refractivity contribution >= 4 is 16.7 Å². The normalized spacial score (nSPS) is 16.1. The number of fused-ring (bicyclic) bond motifs is 1. The number of phenolic OH excluding ortho intramolecular Hbond substituents is 1. The van der Waals surface area contributed by atoms with E-state index in [1.165, 1.54) is 0 Å². The van der Waals surface area contributed by atoms with Gasteiger partial charge in [0.25, 0.3) is 5.91 Å². The van der Waals surface area contributed by atoms with Crippen LogP contribution in [-0.2, 0) is 4.79 Å². The fraction of sp³-hybridized carbons (Fsp3) is 0.353. The zero-order chi connectivity index (χ0) is 14.8. The van der Waals surface area contributed by atoms with E-state index in [0.29, 0.717) is 5.75 Å². The summed E-state index contributed by atoms with van der Waals surface area (Å²) in [6, 6.07) is 11.2. The number of aromatic hydroxyl groups is 1. The average molecular weight is 285 g/mol. The highest BCUT2D eigenvalue weighted by molar-refractivity contribution is 5.86. The first-order chi connectivity index (χ1) is 10.1. The van der Waals surface area contributed by atoms with Gasteiger partial charge in [-0.3, -0.25) is 4.79 Å². The van der Waals surface area contributed by atoms with E-state index in [2.05, 4.69) is 0 Å². The van der Waals surface area contributed by atoms with E-state index in [4.69, 9.17) is 4.74 Å². The maximum Gasteiger partial charge on any atom is 0.263 e. The maximum atomic E-state index is 12.2. The first-order valence-electron chi connectivity index (χ1n) is 7.32. The highest BCUT2D eigenvalue weighted by atomic mass is 16.5. The summed E-state index contributed by atoms with van der Waals surface area (Å²) in [5.74, 6) is 0.406. The Morgan fingerprint density at radius 3 is 2.48 bits per heavy atom. The molecule has 1 aliphatic rings. The Morgan fingerprint density at radius 2 is 1.81 bits per heavy atom. The quantitative estimate of drug-likeness (QED) is 0.943. The van der Waals surface area contributed by atoms with Gasteiger partial charge in [-0.15, -0.1) is 0 Å². The molecule has 2 aromatic rings. The van der Waals surface area contributed by atoms with Crippen molar-refractivity contribution in [3.05, 3.63) is 36.4 Å². The fourth-order valence-corrected chi connectivity index (χ4v) is 2.74. The first kappa shape index (κ1) is 13.7. The summed E-state index contributed by atoms with van der Waals surface area (Å²) >= 11 is 0. The number of benzene rings is 2. The average Bonchev–Trinajstić information content (AvgIpc) is 3.01. The second-order valence-electron chi connectivity index (χ2n) is 5.46. The van der Waals surface area contributed by atoms with E-state index < -0.39 is 6.10 Å². The summed E-state index contributed by atoms with van der Waals surface area (Å²) in [5, 5.41) is 12.0. The molecule has 0 spiro atoms. The monoisotopic (exact) mass is 285 g/mol. The van der Waals surface area contributed by atoms with Crippen molar-refractivity contribution in [2.24, 2.45) is 0 Å². The molecule has 0 aromatic heterocycles. The Kier molecular flexibility index (Phi) is 3.69. The second kappa shape index (κ2) is 5.64. The first-order valence-corrected chi connectivity index (χ1v) is 7.32. The molecule has 0 saturated carbocycles. The molecule has 1 saturated heterocycles. The maximum absolute atomic E-state index is 12.2. The molecular formula is C17H19NO3. The third-order valence-electron chi connectivity index (χ3n) is 3.90. The largest absolute Gasteiger partial charge is 0.504 e. The lowest BCUT2D eigenvalue weighted by molar-refractivity contribution is -0.136. The van der Waals surface area contributed by atoms with Crippen LogP contribution in [0.5, 0.6) is 11.5 Å². The van der Waals surface area contributed by atoms with Crippen molar-refractivity contribution < 1.29 is 14.6 Å². The number of carbonyl (C=O) groups is 1. The summed E-state index contributed by atoms with van der Waals surface area (Å²) in [6.07, 6.45) is 1.52. The lowest BCUT2D eigenvalue weighted by atomic mass is 10.1. The minimum Gasteiger partial charge on any atom is -0.504 e. The van der Waals surface area contributed by atoms with Crippen LogP contribution in [0.25, 0.3) is 10.8 Å². The molecule has 4 heteroatoms. The smallest absolute Gasteiger partial charge is 0.263 e. The molecule has 0 radical (unpaired) electrons. The molecule has 1 unspecified atom stereocenters. The number of hydrogen-bond acceptors (Lipinski definition) is 3. The van der Waals surface area contributed by atoms with Gasteiger partial charge in [0.1, 0.15) is 0 Å². The van der Waals surface area contributed by atoms with Crippen molar-refractivity contribution in [2.75, 3.05) is 13.1 Å². The molecule has 0 aliphatic carbocycles. The van der Waals surface area contributed by atoms with Crippen molar-refractivity contribution in [3.8, 4) is 11.5 Å². The number of rotatable bonds is 3. The minimum atomic E-state index is -0.588. The predicted molar refractivity (Wildman–Crippen MR) is 81.5 cm³/mol. The van der Waals surface area contributed by atoms with Crippen molar-refractivity contribution in [2.45, 2.75) is 25.9 Å². The van der Waals surface area contributed by atoms with E-state index in [1.807, 2.05) is 29.2 Å². The lowest BCUT2D eigenvalue weighted by Gasteiger charge is -2.21. The van der Waals surface area contributed by atoms with Crippen LogP contribution in [0, 0.1) is 0 Å². The Hall–Kier alpha value is -2.23. The molecule has 1 atom stereocenters. The van der Waals surface area contributed by atoms with E-state index in [1.54, 1.807) is 19.1 Å².